The fraction of sp³-hybridized carbons (Fsp3) is 0.219. The van der Waals surface area contributed by atoms with Crippen LogP contribution in [0.2, 0.25) is 0 Å². The van der Waals surface area contributed by atoms with Crippen LogP contribution in [0, 0.1) is 0 Å². The molecule has 0 amide bonds. The Bertz CT molecular complexity index is 1500. The van der Waals surface area contributed by atoms with Crippen molar-refractivity contribution in [3.63, 3.8) is 0 Å². The molecule has 1 aromatic heterocycles. The maximum Gasteiger partial charge on any atom is 0.128 e. The molecule has 0 aliphatic carbocycles. The SMILES string of the molecule is CC(C)c1ccc(-c2cccc(-c3cc(C(C)(C)C)cc4sc(-c5ccccc5O)nc34)c2)cc1. The van der Waals surface area contributed by atoms with Gasteiger partial charge in [-0.2, -0.15) is 0 Å². The standard InChI is InChI=1S/C32H31NOS/c1-20(2)21-13-15-22(16-14-21)23-9-8-10-24(17-23)27-18-25(32(3,4)5)19-29-30(27)33-31(35-29)26-11-6-7-12-28(26)34/h6-20,34H,1-5H3. The molecule has 0 aliphatic rings. The average molecular weight is 478 g/mol. The fourth-order valence-electron chi connectivity index (χ4n) is 4.38. The van der Waals surface area contributed by atoms with E-state index < -0.39 is 0 Å². The van der Waals surface area contributed by atoms with Crippen LogP contribution in [0.1, 0.15) is 51.7 Å². The molecule has 5 aromatic rings. The predicted octanol–water partition coefficient (Wildman–Crippen LogP) is 9.42. The van der Waals surface area contributed by atoms with Crippen molar-refractivity contribution in [1.82, 2.24) is 4.98 Å². The number of phenolic OH excluding ortho intramolecular Hbond substituents is 1. The summed E-state index contributed by atoms with van der Waals surface area (Å²) in [5.41, 5.74) is 9.08. The Hall–Kier alpha value is -3.43. The van der Waals surface area contributed by atoms with Gasteiger partial charge in [-0.15, -0.1) is 11.3 Å². The molecule has 0 radical (unpaired) electrons. The molecule has 5 rings (SSSR count). The molecule has 1 N–H and O–H groups in total. The summed E-state index contributed by atoms with van der Waals surface area (Å²) in [4.78, 5) is 5.04. The Balaban J connectivity index is 1.68. The number of fused-ring (bicyclic) bond motifs is 1. The van der Waals surface area contributed by atoms with Crippen molar-refractivity contribution in [2.24, 2.45) is 0 Å². The first-order valence-electron chi connectivity index (χ1n) is 12.1. The Morgan fingerprint density at radius 3 is 2.14 bits per heavy atom. The van der Waals surface area contributed by atoms with Crippen LogP contribution in [0.15, 0.2) is 84.9 Å². The van der Waals surface area contributed by atoms with Crippen molar-refractivity contribution in [3.05, 3.63) is 96.1 Å². The number of aromatic hydroxyl groups is 1. The van der Waals surface area contributed by atoms with Gasteiger partial charge < -0.3 is 5.11 Å². The van der Waals surface area contributed by atoms with Gasteiger partial charge in [-0.3, -0.25) is 0 Å². The smallest absolute Gasteiger partial charge is 0.128 e. The Morgan fingerprint density at radius 1 is 0.743 bits per heavy atom. The van der Waals surface area contributed by atoms with Crippen molar-refractivity contribution in [3.8, 4) is 38.6 Å². The number of hydrogen-bond donors (Lipinski definition) is 1. The summed E-state index contributed by atoms with van der Waals surface area (Å²) in [6, 6.07) is 29.6. The third kappa shape index (κ3) is 4.61. The second-order valence-corrected chi connectivity index (χ2v) is 11.5. The number of thiazole rings is 1. The molecule has 0 atom stereocenters. The van der Waals surface area contributed by atoms with E-state index in [1.165, 1.54) is 22.3 Å². The molecule has 0 spiro atoms. The summed E-state index contributed by atoms with van der Waals surface area (Å²) in [7, 11) is 0. The summed E-state index contributed by atoms with van der Waals surface area (Å²) in [5.74, 6) is 0.780. The first-order chi connectivity index (χ1) is 16.7. The van der Waals surface area contributed by atoms with Gasteiger partial charge in [0.2, 0.25) is 0 Å². The summed E-state index contributed by atoms with van der Waals surface area (Å²) in [6.07, 6.45) is 0. The van der Waals surface area contributed by atoms with Crippen molar-refractivity contribution >= 4 is 21.6 Å². The van der Waals surface area contributed by atoms with Crippen LogP contribution in [0.25, 0.3) is 43.0 Å². The fourth-order valence-corrected chi connectivity index (χ4v) is 5.44. The van der Waals surface area contributed by atoms with Crippen molar-refractivity contribution < 1.29 is 5.11 Å². The van der Waals surface area contributed by atoms with E-state index in [1.54, 1.807) is 17.4 Å². The molecular formula is C32H31NOS. The van der Waals surface area contributed by atoms with E-state index >= 15 is 0 Å². The van der Waals surface area contributed by atoms with Gasteiger partial charge in [0, 0.05) is 5.56 Å². The van der Waals surface area contributed by atoms with Crippen LogP contribution < -0.4 is 0 Å². The Kier molecular flexibility index (Phi) is 5.98. The van der Waals surface area contributed by atoms with Crippen LogP contribution in [0.5, 0.6) is 5.75 Å². The molecule has 2 nitrogen and oxygen atoms in total. The predicted molar refractivity (Wildman–Crippen MR) is 150 cm³/mol. The highest BCUT2D eigenvalue weighted by Gasteiger charge is 2.20. The number of hydrogen-bond acceptors (Lipinski definition) is 3. The lowest BCUT2D eigenvalue weighted by Crippen LogP contribution is -2.11. The minimum absolute atomic E-state index is 0.00622. The van der Waals surface area contributed by atoms with Gasteiger partial charge in [0.25, 0.3) is 0 Å². The van der Waals surface area contributed by atoms with Gasteiger partial charge in [-0.25, -0.2) is 4.98 Å². The maximum atomic E-state index is 10.4. The highest BCUT2D eigenvalue weighted by atomic mass is 32.1. The monoisotopic (exact) mass is 477 g/mol. The largest absolute Gasteiger partial charge is 0.507 e. The van der Waals surface area contributed by atoms with Gasteiger partial charge in [-0.05, 0) is 69.5 Å². The van der Waals surface area contributed by atoms with Crippen LogP contribution in [0.4, 0.5) is 0 Å². The molecule has 0 fully saturated rings. The quantitative estimate of drug-likeness (QED) is 0.280. The minimum atomic E-state index is 0.00622. The van der Waals surface area contributed by atoms with E-state index in [1.807, 2.05) is 18.2 Å². The summed E-state index contributed by atoms with van der Waals surface area (Å²) >= 11 is 1.64. The van der Waals surface area contributed by atoms with Crippen LogP contribution in [0.3, 0.4) is 0 Å². The van der Waals surface area contributed by atoms with E-state index in [4.69, 9.17) is 4.98 Å². The molecule has 0 bridgehead atoms. The van der Waals surface area contributed by atoms with E-state index in [0.717, 1.165) is 31.9 Å². The minimum Gasteiger partial charge on any atom is -0.507 e. The van der Waals surface area contributed by atoms with E-state index in [2.05, 4.69) is 95.3 Å². The molecule has 0 unspecified atom stereocenters. The first-order valence-corrected chi connectivity index (χ1v) is 13.0. The van der Waals surface area contributed by atoms with Gasteiger partial charge in [-0.1, -0.05) is 89.2 Å². The van der Waals surface area contributed by atoms with E-state index in [-0.39, 0.29) is 11.2 Å². The van der Waals surface area contributed by atoms with E-state index in [0.29, 0.717) is 5.92 Å². The van der Waals surface area contributed by atoms with Gasteiger partial charge >= 0.3 is 0 Å². The first kappa shape index (κ1) is 23.3. The third-order valence-electron chi connectivity index (χ3n) is 6.58. The highest BCUT2D eigenvalue weighted by Crippen LogP contribution is 2.41. The molecular weight excluding hydrogens is 446 g/mol. The van der Waals surface area contributed by atoms with E-state index in [9.17, 15) is 5.11 Å². The molecule has 0 saturated heterocycles. The third-order valence-corrected chi connectivity index (χ3v) is 7.62. The molecule has 0 saturated carbocycles. The van der Waals surface area contributed by atoms with Gasteiger partial charge in [0.05, 0.1) is 15.8 Å². The second-order valence-electron chi connectivity index (χ2n) is 10.5. The number of nitrogens with zero attached hydrogens (tertiary/aromatic N) is 1. The Labute approximate surface area is 211 Å². The second kappa shape index (κ2) is 8.98. The maximum absolute atomic E-state index is 10.4. The number of aromatic nitrogens is 1. The van der Waals surface area contributed by atoms with Crippen molar-refractivity contribution in [2.75, 3.05) is 0 Å². The number of para-hydroxylation sites is 1. The Morgan fingerprint density at radius 2 is 1.46 bits per heavy atom. The zero-order valence-electron chi connectivity index (χ0n) is 21.0. The number of phenols is 1. The summed E-state index contributed by atoms with van der Waals surface area (Å²) in [6.45, 7) is 11.2. The molecule has 3 heteroatoms. The molecule has 35 heavy (non-hydrogen) atoms. The molecule has 1 heterocycles. The number of benzene rings is 4. The zero-order chi connectivity index (χ0) is 24.7. The molecule has 4 aromatic carbocycles. The number of rotatable bonds is 4. The topological polar surface area (TPSA) is 33.1 Å². The lowest BCUT2D eigenvalue weighted by atomic mass is 9.85. The van der Waals surface area contributed by atoms with Crippen molar-refractivity contribution in [1.29, 1.82) is 0 Å². The normalized spacial score (nSPS) is 11.9. The highest BCUT2D eigenvalue weighted by molar-refractivity contribution is 7.21. The lowest BCUT2D eigenvalue weighted by Gasteiger charge is -2.20. The molecule has 0 aliphatic heterocycles. The van der Waals surface area contributed by atoms with Crippen molar-refractivity contribution in [2.45, 2.75) is 46.0 Å². The summed E-state index contributed by atoms with van der Waals surface area (Å²) < 4.78 is 1.14. The van der Waals surface area contributed by atoms with Gasteiger partial charge in [0.1, 0.15) is 10.8 Å². The lowest BCUT2D eigenvalue weighted by molar-refractivity contribution is 0.477. The zero-order valence-corrected chi connectivity index (χ0v) is 21.8. The van der Waals surface area contributed by atoms with Gasteiger partial charge in [0.15, 0.2) is 0 Å². The van der Waals surface area contributed by atoms with Crippen LogP contribution >= 0.6 is 11.3 Å². The van der Waals surface area contributed by atoms with Crippen LogP contribution in [-0.4, -0.2) is 10.1 Å². The molecule has 176 valence electrons. The summed E-state index contributed by atoms with van der Waals surface area (Å²) in [5, 5.41) is 11.3. The van der Waals surface area contributed by atoms with Crippen LogP contribution in [-0.2, 0) is 5.41 Å². The average Bonchev–Trinajstić information content (AvgIpc) is 3.27.